The average molecular weight is 538 g/mol. The first-order valence-electron chi connectivity index (χ1n) is 12.7. The van der Waals surface area contributed by atoms with Crippen LogP contribution in [-0.4, -0.2) is 26.4 Å². The van der Waals surface area contributed by atoms with Crippen LogP contribution in [0, 0.1) is 29.6 Å². The van der Waals surface area contributed by atoms with Crippen molar-refractivity contribution in [3.8, 4) is 11.8 Å². The number of nitrogens with zero attached hydrogens (tertiary/aromatic N) is 4. The van der Waals surface area contributed by atoms with Crippen LogP contribution in [-0.2, 0) is 24.2 Å². The quantitative estimate of drug-likeness (QED) is 0.327. The van der Waals surface area contributed by atoms with E-state index in [0.29, 0.717) is 28.2 Å². The number of thiophene rings is 1. The number of anilines is 1. The van der Waals surface area contributed by atoms with E-state index in [1.807, 2.05) is 49.6 Å². The van der Waals surface area contributed by atoms with E-state index in [-0.39, 0.29) is 23.2 Å². The summed E-state index contributed by atoms with van der Waals surface area (Å²) < 4.78 is 8.13. The Morgan fingerprint density at radius 1 is 1.35 bits per heavy atom. The van der Waals surface area contributed by atoms with E-state index in [9.17, 15) is 10.1 Å². The van der Waals surface area contributed by atoms with Crippen molar-refractivity contribution in [1.29, 1.82) is 5.26 Å². The first kappa shape index (κ1) is 27.2. The number of rotatable bonds is 8. The van der Waals surface area contributed by atoms with Crippen molar-refractivity contribution in [1.82, 2.24) is 14.8 Å². The molecule has 3 aromatic rings. The highest BCUT2D eigenvalue weighted by Crippen LogP contribution is 2.44. The van der Waals surface area contributed by atoms with E-state index in [4.69, 9.17) is 4.74 Å². The molecule has 0 saturated heterocycles. The standard InChI is InChI=1S/C28H35N5O2S2/c1-7-33-25(18(3)35-22-11-9-8-10-17(22)2)31-32-27(33)36-16-24(34)30-26-21(15-29)20-13-12-19(28(4,5)6)14-23(20)37-26/h8-11,18-19H,7,12-14,16H2,1-6H3,(H,30,34). The molecule has 37 heavy (non-hydrogen) atoms. The lowest BCUT2D eigenvalue weighted by Crippen LogP contribution is -2.26. The molecule has 0 aliphatic heterocycles. The highest BCUT2D eigenvalue weighted by Gasteiger charge is 2.32. The molecule has 9 heteroatoms. The third-order valence-corrected chi connectivity index (χ3v) is 9.15. The molecule has 1 N–H and O–H groups in total. The van der Waals surface area contributed by atoms with Gasteiger partial charge in [-0.3, -0.25) is 4.79 Å². The van der Waals surface area contributed by atoms with Gasteiger partial charge in [-0.2, -0.15) is 5.26 Å². The first-order valence-corrected chi connectivity index (χ1v) is 14.5. The van der Waals surface area contributed by atoms with Crippen LogP contribution in [0.1, 0.15) is 74.5 Å². The minimum atomic E-state index is -0.288. The van der Waals surface area contributed by atoms with E-state index in [1.54, 1.807) is 11.3 Å². The molecule has 2 aromatic heterocycles. The molecular formula is C28H35N5O2S2. The maximum atomic E-state index is 12.9. The Morgan fingerprint density at radius 3 is 2.78 bits per heavy atom. The van der Waals surface area contributed by atoms with Gasteiger partial charge < -0.3 is 14.6 Å². The van der Waals surface area contributed by atoms with Crippen molar-refractivity contribution in [2.45, 2.75) is 78.6 Å². The van der Waals surface area contributed by atoms with Gasteiger partial charge in [0.2, 0.25) is 5.91 Å². The summed E-state index contributed by atoms with van der Waals surface area (Å²) in [5, 5.41) is 22.9. The number of carbonyl (C=O) groups is 1. The molecule has 196 valence electrons. The van der Waals surface area contributed by atoms with Crippen LogP contribution < -0.4 is 10.1 Å². The van der Waals surface area contributed by atoms with Gasteiger partial charge in [0.05, 0.1) is 11.3 Å². The number of benzene rings is 1. The summed E-state index contributed by atoms with van der Waals surface area (Å²) in [5.74, 6) is 2.15. The van der Waals surface area contributed by atoms with Crippen LogP contribution >= 0.6 is 23.1 Å². The number of aryl methyl sites for hydroxylation is 1. The largest absolute Gasteiger partial charge is 0.482 e. The molecule has 7 nitrogen and oxygen atoms in total. The van der Waals surface area contributed by atoms with Gasteiger partial charge in [0.1, 0.15) is 16.8 Å². The highest BCUT2D eigenvalue weighted by atomic mass is 32.2. The molecule has 0 saturated carbocycles. The van der Waals surface area contributed by atoms with Gasteiger partial charge in [-0.15, -0.1) is 21.5 Å². The zero-order valence-corrected chi connectivity index (χ0v) is 24.1. The third kappa shape index (κ3) is 6.02. The summed E-state index contributed by atoms with van der Waals surface area (Å²) >= 11 is 2.90. The molecule has 1 aliphatic carbocycles. The summed E-state index contributed by atoms with van der Waals surface area (Å²) in [5.41, 5.74) is 3.04. The highest BCUT2D eigenvalue weighted by molar-refractivity contribution is 7.99. The van der Waals surface area contributed by atoms with E-state index >= 15 is 0 Å². The molecule has 1 aromatic carbocycles. The van der Waals surface area contributed by atoms with Gasteiger partial charge in [0, 0.05) is 11.4 Å². The zero-order chi connectivity index (χ0) is 26.7. The number of amides is 1. The second kappa shape index (κ2) is 11.3. The van der Waals surface area contributed by atoms with E-state index in [2.05, 4.69) is 42.4 Å². The van der Waals surface area contributed by atoms with Crippen molar-refractivity contribution in [2.24, 2.45) is 11.3 Å². The SMILES string of the molecule is CCn1c(SCC(=O)Nc2sc3c(c2C#N)CCC(C(C)(C)C)C3)nnc1C(C)Oc1ccccc1C. The number of fused-ring (bicyclic) bond motifs is 1. The number of nitrogens with one attached hydrogen (secondary N) is 1. The van der Waals surface area contributed by atoms with Gasteiger partial charge in [-0.05, 0) is 68.6 Å². The third-order valence-electron chi connectivity index (χ3n) is 7.01. The Morgan fingerprint density at radius 2 is 2.11 bits per heavy atom. The van der Waals surface area contributed by atoms with Crippen LogP contribution in [0.2, 0.25) is 0 Å². The summed E-state index contributed by atoms with van der Waals surface area (Å²) in [4.78, 5) is 14.1. The second-order valence-corrected chi connectivity index (χ2v) is 12.6. The van der Waals surface area contributed by atoms with Crippen LogP contribution in [0.4, 0.5) is 5.00 Å². The lowest BCUT2D eigenvalue weighted by molar-refractivity contribution is -0.113. The van der Waals surface area contributed by atoms with E-state index in [0.717, 1.165) is 42.0 Å². The topological polar surface area (TPSA) is 92.8 Å². The lowest BCUT2D eigenvalue weighted by atomic mass is 9.72. The van der Waals surface area contributed by atoms with Crippen molar-refractivity contribution >= 4 is 34.0 Å². The molecule has 1 aliphatic rings. The minimum Gasteiger partial charge on any atom is -0.482 e. The normalized spacial score (nSPS) is 16.1. The number of ether oxygens (including phenoxy) is 1. The van der Waals surface area contributed by atoms with Crippen molar-refractivity contribution < 1.29 is 9.53 Å². The van der Waals surface area contributed by atoms with Gasteiger partial charge in [-0.1, -0.05) is 50.7 Å². The van der Waals surface area contributed by atoms with E-state index < -0.39 is 0 Å². The number of hydrogen-bond acceptors (Lipinski definition) is 7. The Labute approximate surface area is 227 Å². The molecule has 0 radical (unpaired) electrons. The minimum absolute atomic E-state index is 0.149. The number of thioether (sulfide) groups is 1. The Hall–Kier alpha value is -2.83. The maximum absolute atomic E-state index is 12.9. The summed E-state index contributed by atoms with van der Waals surface area (Å²) in [7, 11) is 0. The van der Waals surface area contributed by atoms with Crippen LogP contribution in [0.3, 0.4) is 0 Å². The molecule has 2 unspecified atom stereocenters. The summed E-state index contributed by atoms with van der Waals surface area (Å²) in [6.45, 7) is 13.5. The predicted molar refractivity (Wildman–Crippen MR) is 149 cm³/mol. The molecule has 4 rings (SSSR count). The lowest BCUT2D eigenvalue weighted by Gasteiger charge is -2.33. The Kier molecular flexibility index (Phi) is 8.29. The van der Waals surface area contributed by atoms with Crippen LogP contribution in [0.25, 0.3) is 0 Å². The van der Waals surface area contributed by atoms with Gasteiger partial charge in [0.15, 0.2) is 17.1 Å². The fourth-order valence-corrected chi connectivity index (χ4v) is 6.86. The number of hydrogen-bond donors (Lipinski definition) is 1. The Balaban J connectivity index is 1.41. The fraction of sp³-hybridized carbons (Fsp3) is 0.500. The average Bonchev–Trinajstić information content (AvgIpc) is 3.43. The number of para-hydroxylation sites is 1. The van der Waals surface area contributed by atoms with Crippen LogP contribution in [0.15, 0.2) is 29.4 Å². The van der Waals surface area contributed by atoms with Crippen molar-refractivity contribution in [2.75, 3.05) is 11.1 Å². The molecule has 0 spiro atoms. The summed E-state index contributed by atoms with van der Waals surface area (Å²) in [6.07, 6.45) is 2.65. The number of carbonyl (C=O) groups excluding carboxylic acids is 1. The second-order valence-electron chi connectivity index (χ2n) is 10.6. The number of nitriles is 1. The molecule has 0 fully saturated rings. The van der Waals surface area contributed by atoms with Crippen LogP contribution in [0.5, 0.6) is 5.75 Å². The van der Waals surface area contributed by atoms with Gasteiger partial charge in [-0.25, -0.2) is 0 Å². The monoisotopic (exact) mass is 537 g/mol. The smallest absolute Gasteiger partial charge is 0.235 e. The summed E-state index contributed by atoms with van der Waals surface area (Å²) in [6, 6.07) is 10.2. The molecule has 2 heterocycles. The Bertz CT molecular complexity index is 1320. The molecule has 0 bridgehead atoms. The maximum Gasteiger partial charge on any atom is 0.235 e. The van der Waals surface area contributed by atoms with Gasteiger partial charge >= 0.3 is 0 Å². The molecule has 1 amide bonds. The van der Waals surface area contributed by atoms with Gasteiger partial charge in [0.25, 0.3) is 0 Å². The predicted octanol–water partition coefficient (Wildman–Crippen LogP) is 6.56. The first-order chi connectivity index (χ1) is 17.6. The molecular weight excluding hydrogens is 502 g/mol. The zero-order valence-electron chi connectivity index (χ0n) is 22.4. The number of aromatic nitrogens is 3. The molecule has 2 atom stereocenters. The fourth-order valence-electron chi connectivity index (χ4n) is 4.76. The van der Waals surface area contributed by atoms with E-state index in [1.165, 1.54) is 16.6 Å². The van der Waals surface area contributed by atoms with Crippen molar-refractivity contribution in [3.63, 3.8) is 0 Å². The van der Waals surface area contributed by atoms with Crippen molar-refractivity contribution in [3.05, 3.63) is 51.7 Å².